The molecule has 0 bridgehead atoms. The Morgan fingerprint density at radius 2 is 2.00 bits per heavy atom. The smallest absolute Gasteiger partial charge is 0.0587 e. The van der Waals surface area contributed by atoms with E-state index in [1.807, 2.05) is 0 Å². The monoisotopic (exact) mass is 290 g/mol. The van der Waals surface area contributed by atoms with E-state index in [0.29, 0.717) is 0 Å². The molecule has 0 aliphatic carbocycles. The third-order valence-electron chi connectivity index (χ3n) is 4.54. The number of anilines is 1. The fourth-order valence-corrected chi connectivity index (χ4v) is 3.06. The first-order valence-electron chi connectivity index (χ1n) is 8.37. The van der Waals surface area contributed by atoms with E-state index >= 15 is 0 Å². The van der Waals surface area contributed by atoms with Crippen molar-refractivity contribution in [3.8, 4) is 0 Å². The van der Waals surface area contributed by atoms with Gasteiger partial charge in [-0.25, -0.2) is 0 Å². The van der Waals surface area contributed by atoms with Gasteiger partial charge in [0.2, 0.25) is 0 Å². The lowest BCUT2D eigenvalue weighted by molar-refractivity contribution is 0.199. The number of benzene rings is 1. The highest BCUT2D eigenvalue weighted by Gasteiger charge is 2.15. The molecule has 0 spiro atoms. The van der Waals surface area contributed by atoms with Gasteiger partial charge in [-0.1, -0.05) is 25.5 Å². The molecule has 1 aliphatic heterocycles. The van der Waals surface area contributed by atoms with Gasteiger partial charge in [-0.05, 0) is 42.9 Å². The minimum atomic E-state index is 0.768. The highest BCUT2D eigenvalue weighted by molar-refractivity contribution is 5.47. The Bertz CT molecular complexity index is 391. The lowest BCUT2D eigenvalue weighted by Gasteiger charge is -2.23. The molecule has 3 heteroatoms. The Hall–Kier alpha value is -1.06. The summed E-state index contributed by atoms with van der Waals surface area (Å²) >= 11 is 0. The zero-order valence-corrected chi connectivity index (χ0v) is 13.6. The van der Waals surface area contributed by atoms with Gasteiger partial charge in [0, 0.05) is 39.0 Å². The van der Waals surface area contributed by atoms with Crippen molar-refractivity contribution in [2.24, 2.45) is 5.92 Å². The number of nitrogens with one attached hydrogen (secondary N) is 1. The molecule has 0 radical (unpaired) electrons. The molecule has 2 rings (SSSR count). The molecule has 118 valence electrons. The van der Waals surface area contributed by atoms with Gasteiger partial charge in [-0.2, -0.15) is 0 Å². The third kappa shape index (κ3) is 5.33. The van der Waals surface area contributed by atoms with E-state index in [2.05, 4.69) is 41.4 Å². The summed E-state index contributed by atoms with van der Waals surface area (Å²) in [6, 6.07) is 9.05. The molecule has 1 aromatic rings. The quantitative estimate of drug-likeness (QED) is 0.779. The highest BCUT2D eigenvalue weighted by atomic mass is 16.5. The zero-order chi connectivity index (χ0) is 14.9. The molecule has 21 heavy (non-hydrogen) atoms. The Kier molecular flexibility index (Phi) is 7.04. The maximum atomic E-state index is 5.04. The number of hydrogen-bond acceptors (Lipinski definition) is 3. The van der Waals surface area contributed by atoms with Crippen molar-refractivity contribution in [2.75, 3.05) is 38.3 Å². The normalized spacial score (nSPS) is 19.5. The van der Waals surface area contributed by atoms with Gasteiger partial charge in [0.25, 0.3) is 0 Å². The summed E-state index contributed by atoms with van der Waals surface area (Å²) in [5.74, 6) is 0.930. The zero-order valence-electron chi connectivity index (χ0n) is 13.6. The van der Waals surface area contributed by atoms with Crippen LogP contribution in [0, 0.1) is 5.92 Å². The molecule has 1 fully saturated rings. The van der Waals surface area contributed by atoms with E-state index in [1.165, 1.54) is 50.0 Å². The number of nitrogens with zero attached hydrogens (tertiary/aromatic N) is 1. The molecular weight excluding hydrogens is 260 g/mol. The van der Waals surface area contributed by atoms with Crippen LogP contribution in [0.15, 0.2) is 24.3 Å². The van der Waals surface area contributed by atoms with Crippen LogP contribution in [0.1, 0.15) is 38.2 Å². The van der Waals surface area contributed by atoms with Crippen LogP contribution in [-0.2, 0) is 11.3 Å². The minimum absolute atomic E-state index is 0.768. The van der Waals surface area contributed by atoms with Crippen LogP contribution in [0.25, 0.3) is 0 Å². The molecule has 1 aliphatic rings. The predicted molar refractivity (Wildman–Crippen MR) is 89.9 cm³/mol. The third-order valence-corrected chi connectivity index (χ3v) is 4.54. The summed E-state index contributed by atoms with van der Waals surface area (Å²) in [7, 11) is 1.74. The molecule has 0 aromatic heterocycles. The Morgan fingerprint density at radius 1 is 1.19 bits per heavy atom. The van der Waals surface area contributed by atoms with Crippen molar-refractivity contribution in [1.29, 1.82) is 0 Å². The van der Waals surface area contributed by atoms with E-state index in [4.69, 9.17) is 4.74 Å². The Labute approximate surface area is 129 Å². The maximum Gasteiger partial charge on any atom is 0.0587 e. The van der Waals surface area contributed by atoms with Crippen LogP contribution < -0.4 is 10.2 Å². The molecule has 1 unspecified atom stereocenters. The second-order valence-electron chi connectivity index (χ2n) is 6.03. The van der Waals surface area contributed by atoms with Crippen molar-refractivity contribution in [3.05, 3.63) is 29.8 Å². The van der Waals surface area contributed by atoms with Gasteiger partial charge < -0.3 is 15.0 Å². The number of hydrogen-bond donors (Lipinski definition) is 1. The molecule has 0 amide bonds. The molecule has 3 nitrogen and oxygen atoms in total. The van der Waals surface area contributed by atoms with Gasteiger partial charge in [0.05, 0.1) is 6.61 Å². The second-order valence-corrected chi connectivity index (χ2v) is 6.03. The van der Waals surface area contributed by atoms with Crippen LogP contribution in [0.5, 0.6) is 0 Å². The molecule has 1 heterocycles. The summed E-state index contributed by atoms with van der Waals surface area (Å²) < 4.78 is 5.04. The maximum absolute atomic E-state index is 5.04. The van der Waals surface area contributed by atoms with E-state index < -0.39 is 0 Å². The van der Waals surface area contributed by atoms with Crippen LogP contribution >= 0.6 is 0 Å². The summed E-state index contributed by atoms with van der Waals surface area (Å²) in [5.41, 5.74) is 2.73. The van der Waals surface area contributed by atoms with Crippen LogP contribution in [0.3, 0.4) is 0 Å². The second kappa shape index (κ2) is 9.06. The van der Waals surface area contributed by atoms with Gasteiger partial charge in [0.1, 0.15) is 0 Å². The van der Waals surface area contributed by atoms with Crippen molar-refractivity contribution >= 4 is 5.69 Å². The van der Waals surface area contributed by atoms with Crippen molar-refractivity contribution in [1.82, 2.24) is 5.32 Å². The van der Waals surface area contributed by atoms with Gasteiger partial charge in [0.15, 0.2) is 0 Å². The topological polar surface area (TPSA) is 24.5 Å². The van der Waals surface area contributed by atoms with Crippen LogP contribution in [0.2, 0.25) is 0 Å². The largest absolute Gasteiger partial charge is 0.383 e. The number of rotatable bonds is 7. The molecule has 1 aromatic carbocycles. The summed E-state index contributed by atoms with van der Waals surface area (Å²) in [6.45, 7) is 7.34. The fraction of sp³-hybridized carbons (Fsp3) is 0.667. The first-order valence-corrected chi connectivity index (χ1v) is 8.37. The SMILES string of the molecule is CCC1CCCN(c2ccc(CNCCOC)cc2)CC1. The summed E-state index contributed by atoms with van der Waals surface area (Å²) in [6.07, 6.45) is 5.41. The summed E-state index contributed by atoms with van der Waals surface area (Å²) in [4.78, 5) is 2.55. The van der Waals surface area contributed by atoms with E-state index in [9.17, 15) is 0 Å². The van der Waals surface area contributed by atoms with E-state index in [1.54, 1.807) is 7.11 Å². The number of methoxy groups -OCH3 is 1. The molecule has 1 saturated heterocycles. The Morgan fingerprint density at radius 3 is 2.71 bits per heavy atom. The lowest BCUT2D eigenvalue weighted by Crippen LogP contribution is -2.24. The molecule has 1 N–H and O–H groups in total. The molecule has 1 atom stereocenters. The van der Waals surface area contributed by atoms with Crippen molar-refractivity contribution < 1.29 is 4.74 Å². The minimum Gasteiger partial charge on any atom is -0.383 e. The van der Waals surface area contributed by atoms with Crippen molar-refractivity contribution in [3.63, 3.8) is 0 Å². The first-order chi connectivity index (χ1) is 10.3. The summed E-state index contributed by atoms with van der Waals surface area (Å²) in [5, 5.41) is 3.39. The van der Waals surface area contributed by atoms with Gasteiger partial charge in [-0.3, -0.25) is 0 Å². The van der Waals surface area contributed by atoms with E-state index in [0.717, 1.165) is 25.6 Å². The van der Waals surface area contributed by atoms with Crippen LogP contribution in [-0.4, -0.2) is 33.4 Å². The Balaban J connectivity index is 1.83. The average Bonchev–Trinajstić information content (AvgIpc) is 2.78. The highest BCUT2D eigenvalue weighted by Crippen LogP contribution is 2.24. The lowest BCUT2D eigenvalue weighted by atomic mass is 9.98. The number of ether oxygens (including phenoxy) is 1. The van der Waals surface area contributed by atoms with Crippen LogP contribution in [0.4, 0.5) is 5.69 Å². The molecule has 0 saturated carbocycles. The fourth-order valence-electron chi connectivity index (χ4n) is 3.06. The van der Waals surface area contributed by atoms with Gasteiger partial charge >= 0.3 is 0 Å². The van der Waals surface area contributed by atoms with Gasteiger partial charge in [-0.15, -0.1) is 0 Å². The first kappa shape index (κ1) is 16.3. The molecular formula is C18H30N2O. The van der Waals surface area contributed by atoms with Crippen molar-refractivity contribution in [2.45, 2.75) is 39.2 Å². The standard InChI is InChI=1S/C18H30N2O/c1-3-16-5-4-12-20(13-10-16)18-8-6-17(7-9-18)15-19-11-14-21-2/h6-9,16,19H,3-5,10-15H2,1-2H3. The average molecular weight is 290 g/mol. The van der Waals surface area contributed by atoms with E-state index in [-0.39, 0.29) is 0 Å². The predicted octanol–water partition coefficient (Wildman–Crippen LogP) is 3.44.